The van der Waals surface area contributed by atoms with Gasteiger partial charge in [0.1, 0.15) is 11.5 Å². The van der Waals surface area contributed by atoms with Crippen LogP contribution in [-0.4, -0.2) is 23.2 Å². The van der Waals surface area contributed by atoms with E-state index in [0.717, 1.165) is 11.1 Å². The van der Waals surface area contributed by atoms with E-state index in [9.17, 15) is 14.7 Å². The second kappa shape index (κ2) is 8.64. The number of hydrogen-bond acceptors (Lipinski definition) is 5. The number of hydrazone groups is 1. The zero-order valence-corrected chi connectivity index (χ0v) is 15.1. The van der Waals surface area contributed by atoms with E-state index in [1.165, 1.54) is 30.5 Å². The SMILES string of the molecule is Cc1cccc(C(=O)Oc2ccc(/C=N/NC(=O)c3ccc(O)cc3)cc2)c1. The molecule has 6 heteroatoms. The van der Waals surface area contributed by atoms with Gasteiger partial charge in [-0.25, -0.2) is 10.2 Å². The van der Waals surface area contributed by atoms with Gasteiger partial charge < -0.3 is 9.84 Å². The first-order valence-corrected chi connectivity index (χ1v) is 8.52. The van der Waals surface area contributed by atoms with E-state index in [2.05, 4.69) is 10.5 Å². The lowest BCUT2D eigenvalue weighted by atomic mass is 10.1. The van der Waals surface area contributed by atoms with Crippen LogP contribution in [0, 0.1) is 6.92 Å². The van der Waals surface area contributed by atoms with E-state index in [-0.39, 0.29) is 11.7 Å². The first-order valence-electron chi connectivity index (χ1n) is 8.52. The first-order chi connectivity index (χ1) is 13.5. The van der Waals surface area contributed by atoms with Crippen LogP contribution in [0.3, 0.4) is 0 Å². The van der Waals surface area contributed by atoms with Crippen molar-refractivity contribution in [3.05, 3.63) is 95.1 Å². The number of carbonyl (C=O) groups excluding carboxylic acids is 2. The number of phenolic OH excluding ortho intramolecular Hbond substituents is 1. The van der Waals surface area contributed by atoms with Crippen molar-refractivity contribution in [2.75, 3.05) is 0 Å². The minimum Gasteiger partial charge on any atom is -0.508 e. The standard InChI is InChI=1S/C22H18N2O4/c1-15-3-2-4-18(13-15)22(27)28-20-11-5-16(6-12-20)14-23-24-21(26)17-7-9-19(25)10-8-17/h2-14,25H,1H3,(H,24,26)/b23-14+. The Balaban J connectivity index is 1.56. The number of benzene rings is 3. The molecule has 0 saturated carbocycles. The minimum atomic E-state index is -0.425. The maximum atomic E-state index is 12.1. The molecule has 6 nitrogen and oxygen atoms in total. The molecule has 0 spiro atoms. The lowest BCUT2D eigenvalue weighted by Gasteiger charge is -2.05. The number of phenols is 1. The summed E-state index contributed by atoms with van der Waals surface area (Å²) in [7, 11) is 0. The molecule has 3 aromatic carbocycles. The van der Waals surface area contributed by atoms with E-state index in [0.29, 0.717) is 16.9 Å². The van der Waals surface area contributed by atoms with Gasteiger partial charge in [0.25, 0.3) is 5.91 Å². The van der Waals surface area contributed by atoms with Gasteiger partial charge in [0.2, 0.25) is 0 Å². The molecule has 28 heavy (non-hydrogen) atoms. The molecule has 3 aromatic rings. The summed E-state index contributed by atoms with van der Waals surface area (Å²) in [6, 6.07) is 19.8. The Labute approximate surface area is 162 Å². The summed E-state index contributed by atoms with van der Waals surface area (Å²) in [5.74, 6) is -0.314. The Kier molecular flexibility index (Phi) is 5.81. The topological polar surface area (TPSA) is 88.0 Å². The van der Waals surface area contributed by atoms with Crippen molar-refractivity contribution in [3.63, 3.8) is 0 Å². The Morgan fingerprint density at radius 3 is 2.36 bits per heavy atom. The number of nitrogens with zero attached hydrogens (tertiary/aromatic N) is 1. The fourth-order valence-corrected chi connectivity index (χ4v) is 2.40. The van der Waals surface area contributed by atoms with Crippen LogP contribution in [0.1, 0.15) is 31.8 Å². The summed E-state index contributed by atoms with van der Waals surface area (Å²) in [4.78, 5) is 24.1. The van der Waals surface area contributed by atoms with Crippen molar-refractivity contribution in [1.82, 2.24) is 5.43 Å². The van der Waals surface area contributed by atoms with Crippen molar-refractivity contribution >= 4 is 18.1 Å². The third-order valence-electron chi connectivity index (χ3n) is 3.85. The largest absolute Gasteiger partial charge is 0.508 e. The van der Waals surface area contributed by atoms with Crippen LogP contribution in [0.25, 0.3) is 0 Å². The van der Waals surface area contributed by atoms with Crippen LogP contribution < -0.4 is 10.2 Å². The summed E-state index contributed by atoms with van der Waals surface area (Å²) in [6.45, 7) is 1.91. The van der Waals surface area contributed by atoms with E-state index in [1.807, 2.05) is 13.0 Å². The molecule has 2 N–H and O–H groups in total. The third-order valence-corrected chi connectivity index (χ3v) is 3.85. The van der Waals surface area contributed by atoms with Gasteiger partial charge in [0, 0.05) is 5.56 Å². The minimum absolute atomic E-state index is 0.0863. The number of carbonyl (C=O) groups is 2. The highest BCUT2D eigenvalue weighted by Crippen LogP contribution is 2.14. The van der Waals surface area contributed by atoms with Gasteiger partial charge in [-0.2, -0.15) is 5.10 Å². The van der Waals surface area contributed by atoms with Crippen molar-refractivity contribution in [2.24, 2.45) is 5.10 Å². The van der Waals surface area contributed by atoms with E-state index < -0.39 is 5.97 Å². The van der Waals surface area contributed by atoms with Crippen molar-refractivity contribution < 1.29 is 19.4 Å². The van der Waals surface area contributed by atoms with Crippen LogP contribution in [0.4, 0.5) is 0 Å². The average molecular weight is 374 g/mol. The van der Waals surface area contributed by atoms with Crippen LogP contribution in [-0.2, 0) is 0 Å². The molecular formula is C22H18N2O4. The highest BCUT2D eigenvalue weighted by atomic mass is 16.5. The monoisotopic (exact) mass is 374 g/mol. The molecule has 0 aliphatic rings. The number of esters is 1. The summed E-state index contributed by atoms with van der Waals surface area (Å²) in [5.41, 5.74) is 4.98. The van der Waals surface area contributed by atoms with Gasteiger partial charge in [-0.15, -0.1) is 0 Å². The second-order valence-corrected chi connectivity index (χ2v) is 6.07. The average Bonchev–Trinajstić information content (AvgIpc) is 2.69. The Bertz CT molecular complexity index is 1010. The summed E-state index contributed by atoms with van der Waals surface area (Å²) in [6.07, 6.45) is 1.48. The molecule has 0 heterocycles. The normalized spacial score (nSPS) is 10.6. The molecule has 0 aromatic heterocycles. The third kappa shape index (κ3) is 5.04. The molecule has 1 amide bonds. The Hall–Kier alpha value is -3.93. The van der Waals surface area contributed by atoms with E-state index in [1.54, 1.807) is 42.5 Å². The van der Waals surface area contributed by atoms with Crippen LogP contribution >= 0.6 is 0 Å². The van der Waals surface area contributed by atoms with Gasteiger partial charge in [0.05, 0.1) is 11.8 Å². The van der Waals surface area contributed by atoms with E-state index >= 15 is 0 Å². The molecule has 0 aliphatic heterocycles. The predicted octanol–water partition coefficient (Wildman–Crippen LogP) is 3.68. The molecule has 0 unspecified atom stereocenters. The molecule has 0 aliphatic carbocycles. The van der Waals surface area contributed by atoms with Gasteiger partial charge in [0.15, 0.2) is 0 Å². The molecule has 3 rings (SSSR count). The zero-order chi connectivity index (χ0) is 19.9. The summed E-state index contributed by atoms with van der Waals surface area (Å²) in [5, 5.41) is 13.1. The molecular weight excluding hydrogens is 356 g/mol. The van der Waals surface area contributed by atoms with Crippen LogP contribution in [0.2, 0.25) is 0 Å². The van der Waals surface area contributed by atoms with Crippen LogP contribution in [0.5, 0.6) is 11.5 Å². The van der Waals surface area contributed by atoms with Crippen LogP contribution in [0.15, 0.2) is 77.9 Å². The Morgan fingerprint density at radius 1 is 0.964 bits per heavy atom. The maximum absolute atomic E-state index is 12.1. The fraction of sp³-hybridized carbons (Fsp3) is 0.0455. The predicted molar refractivity (Wildman–Crippen MR) is 106 cm³/mol. The lowest BCUT2D eigenvalue weighted by Crippen LogP contribution is -2.17. The molecule has 140 valence electrons. The molecule has 0 bridgehead atoms. The molecule has 0 fully saturated rings. The smallest absolute Gasteiger partial charge is 0.343 e. The van der Waals surface area contributed by atoms with Crippen molar-refractivity contribution in [1.29, 1.82) is 0 Å². The fourth-order valence-electron chi connectivity index (χ4n) is 2.40. The highest BCUT2D eigenvalue weighted by Gasteiger charge is 2.08. The molecule has 0 radical (unpaired) electrons. The Morgan fingerprint density at radius 2 is 1.68 bits per heavy atom. The quantitative estimate of drug-likeness (QED) is 0.309. The highest BCUT2D eigenvalue weighted by molar-refractivity contribution is 5.95. The second-order valence-electron chi connectivity index (χ2n) is 6.07. The number of nitrogens with one attached hydrogen (secondary N) is 1. The number of ether oxygens (including phenoxy) is 1. The van der Waals surface area contributed by atoms with Gasteiger partial charge in [-0.05, 0) is 73.2 Å². The summed E-state index contributed by atoms with van der Waals surface area (Å²) >= 11 is 0. The number of aromatic hydroxyl groups is 1. The van der Waals surface area contributed by atoms with Gasteiger partial charge in [-0.3, -0.25) is 4.79 Å². The summed E-state index contributed by atoms with van der Waals surface area (Å²) < 4.78 is 5.35. The number of hydrogen-bond donors (Lipinski definition) is 2. The van der Waals surface area contributed by atoms with Crippen molar-refractivity contribution in [3.8, 4) is 11.5 Å². The molecule has 0 saturated heterocycles. The zero-order valence-electron chi connectivity index (χ0n) is 15.1. The maximum Gasteiger partial charge on any atom is 0.343 e. The van der Waals surface area contributed by atoms with Gasteiger partial charge in [-0.1, -0.05) is 17.7 Å². The van der Waals surface area contributed by atoms with Gasteiger partial charge >= 0.3 is 5.97 Å². The molecule has 0 atom stereocenters. The van der Waals surface area contributed by atoms with E-state index in [4.69, 9.17) is 4.74 Å². The lowest BCUT2D eigenvalue weighted by molar-refractivity contribution is 0.0734. The number of aryl methyl sites for hydroxylation is 1. The first kappa shape index (κ1) is 18.8. The number of amides is 1. The number of rotatable bonds is 5. The van der Waals surface area contributed by atoms with Crippen molar-refractivity contribution in [2.45, 2.75) is 6.92 Å².